The van der Waals surface area contributed by atoms with E-state index in [1.54, 1.807) is 20.8 Å². The van der Waals surface area contributed by atoms with Crippen molar-refractivity contribution in [2.24, 2.45) is 5.73 Å². The third kappa shape index (κ3) is 8.03. The average Bonchev–Trinajstić information content (AvgIpc) is 3.57. The molecule has 44 heavy (non-hydrogen) atoms. The number of rotatable bonds is 10. The molecule has 0 spiro atoms. The van der Waals surface area contributed by atoms with Crippen LogP contribution < -0.4 is 16.4 Å². The Morgan fingerprint density at radius 2 is 1.64 bits per heavy atom. The smallest absolute Gasteiger partial charge is 0.408 e. The SMILES string of the molecule is C[C@@H](O)[C@H](NC(=O)[C@]1(Cc2ccc(F)cc2)CCCN1C(=O)[C@@H]1CCCN1C(=O)[C@@H](NC(=O)OC(C)(C)C)[C@@H](C)O)C(N)=O. The summed E-state index contributed by atoms with van der Waals surface area (Å²) >= 11 is 0. The van der Waals surface area contributed by atoms with E-state index in [9.17, 15) is 38.6 Å². The lowest BCUT2D eigenvalue weighted by Gasteiger charge is -2.41. The number of hydrogen-bond donors (Lipinski definition) is 5. The number of carbonyl (C=O) groups excluding carboxylic acids is 5. The summed E-state index contributed by atoms with van der Waals surface area (Å²) in [6.07, 6.45) is -2.25. The second kappa shape index (κ2) is 13.9. The number of nitrogens with two attached hydrogens (primary N) is 1. The molecule has 14 heteroatoms. The monoisotopic (exact) mass is 621 g/mol. The molecule has 0 aromatic heterocycles. The van der Waals surface area contributed by atoms with Gasteiger partial charge in [0.05, 0.1) is 12.2 Å². The van der Waals surface area contributed by atoms with Gasteiger partial charge in [-0.25, -0.2) is 9.18 Å². The molecule has 1 aromatic carbocycles. The van der Waals surface area contributed by atoms with Gasteiger partial charge in [-0.3, -0.25) is 19.2 Å². The lowest BCUT2D eigenvalue weighted by molar-refractivity contribution is -0.153. The molecule has 3 rings (SSSR count). The van der Waals surface area contributed by atoms with E-state index in [0.29, 0.717) is 18.4 Å². The van der Waals surface area contributed by atoms with E-state index < -0.39 is 77.0 Å². The van der Waals surface area contributed by atoms with Crippen molar-refractivity contribution in [3.8, 4) is 0 Å². The summed E-state index contributed by atoms with van der Waals surface area (Å²) in [6, 6.07) is 1.61. The number of benzene rings is 1. The number of alkyl carbamates (subject to hydrolysis) is 1. The Labute approximate surface area is 256 Å². The molecule has 6 atom stereocenters. The van der Waals surface area contributed by atoms with E-state index in [4.69, 9.17) is 10.5 Å². The molecule has 2 heterocycles. The number of carbonyl (C=O) groups is 5. The summed E-state index contributed by atoms with van der Waals surface area (Å²) in [7, 11) is 0. The Morgan fingerprint density at radius 1 is 1.02 bits per heavy atom. The molecule has 2 saturated heterocycles. The first-order chi connectivity index (χ1) is 20.5. The van der Waals surface area contributed by atoms with Gasteiger partial charge in [-0.1, -0.05) is 12.1 Å². The Hall–Kier alpha value is -3.78. The number of hydrogen-bond acceptors (Lipinski definition) is 8. The third-order valence-electron chi connectivity index (χ3n) is 7.90. The number of amides is 5. The maximum atomic E-state index is 14.3. The van der Waals surface area contributed by atoms with Crippen LogP contribution in [0.3, 0.4) is 0 Å². The molecule has 13 nitrogen and oxygen atoms in total. The molecule has 0 radical (unpaired) electrons. The fraction of sp³-hybridized carbons (Fsp3) is 0.633. The highest BCUT2D eigenvalue weighted by Gasteiger charge is 2.53. The van der Waals surface area contributed by atoms with E-state index in [-0.39, 0.29) is 32.4 Å². The van der Waals surface area contributed by atoms with E-state index in [2.05, 4.69) is 10.6 Å². The van der Waals surface area contributed by atoms with Gasteiger partial charge < -0.3 is 41.1 Å². The van der Waals surface area contributed by atoms with Crippen molar-refractivity contribution in [1.82, 2.24) is 20.4 Å². The zero-order chi connectivity index (χ0) is 33.0. The molecule has 2 fully saturated rings. The van der Waals surface area contributed by atoms with Crippen LogP contribution in [0.4, 0.5) is 9.18 Å². The molecule has 244 valence electrons. The molecule has 2 aliphatic heterocycles. The fourth-order valence-electron chi connectivity index (χ4n) is 5.81. The molecule has 0 bridgehead atoms. The van der Waals surface area contributed by atoms with Crippen molar-refractivity contribution >= 4 is 29.7 Å². The quantitative estimate of drug-likeness (QED) is 0.247. The highest BCUT2D eigenvalue weighted by atomic mass is 19.1. The topological polar surface area (TPSA) is 192 Å². The minimum absolute atomic E-state index is 0.0344. The minimum Gasteiger partial charge on any atom is -0.444 e. The summed E-state index contributed by atoms with van der Waals surface area (Å²) < 4.78 is 18.9. The van der Waals surface area contributed by atoms with Crippen LogP contribution in [0.15, 0.2) is 24.3 Å². The zero-order valence-corrected chi connectivity index (χ0v) is 25.8. The molecule has 6 N–H and O–H groups in total. The fourth-order valence-corrected chi connectivity index (χ4v) is 5.81. The van der Waals surface area contributed by atoms with Crippen molar-refractivity contribution in [2.75, 3.05) is 13.1 Å². The van der Waals surface area contributed by atoms with Gasteiger partial charge in [0.15, 0.2) is 0 Å². The second-order valence-electron chi connectivity index (χ2n) is 12.6. The largest absolute Gasteiger partial charge is 0.444 e. The number of aliphatic hydroxyl groups excluding tert-OH is 2. The molecule has 0 unspecified atom stereocenters. The number of nitrogens with one attached hydrogen (secondary N) is 2. The molecule has 2 aliphatic rings. The van der Waals surface area contributed by atoms with Gasteiger partial charge in [-0.05, 0) is 78.0 Å². The summed E-state index contributed by atoms with van der Waals surface area (Å²) in [6.45, 7) is 7.91. The maximum Gasteiger partial charge on any atom is 0.408 e. The van der Waals surface area contributed by atoms with Crippen LogP contribution in [-0.4, -0.2) is 104 Å². The molecule has 5 amide bonds. The van der Waals surface area contributed by atoms with Crippen molar-refractivity contribution in [3.05, 3.63) is 35.6 Å². The molecule has 0 saturated carbocycles. The normalized spacial score (nSPS) is 23.0. The number of primary amides is 1. The third-order valence-corrected chi connectivity index (χ3v) is 7.90. The number of halogens is 1. The first-order valence-electron chi connectivity index (χ1n) is 14.8. The second-order valence-corrected chi connectivity index (χ2v) is 12.6. The molecule has 0 aliphatic carbocycles. The summed E-state index contributed by atoms with van der Waals surface area (Å²) in [5.41, 5.74) is 3.57. The van der Waals surface area contributed by atoms with Gasteiger partial charge in [0.2, 0.25) is 23.6 Å². The van der Waals surface area contributed by atoms with Crippen LogP contribution in [0.5, 0.6) is 0 Å². The lowest BCUT2D eigenvalue weighted by atomic mass is 9.86. The van der Waals surface area contributed by atoms with Crippen molar-refractivity contribution in [1.29, 1.82) is 0 Å². The van der Waals surface area contributed by atoms with Gasteiger partial charge in [0.1, 0.15) is 35.1 Å². The minimum atomic E-state index is -1.55. The molecule has 1 aromatic rings. The Morgan fingerprint density at radius 3 is 2.18 bits per heavy atom. The van der Waals surface area contributed by atoms with Crippen molar-refractivity contribution in [2.45, 2.75) is 108 Å². The zero-order valence-electron chi connectivity index (χ0n) is 25.8. The van der Waals surface area contributed by atoms with Gasteiger partial charge in [0.25, 0.3) is 0 Å². The van der Waals surface area contributed by atoms with Crippen LogP contribution in [0, 0.1) is 5.82 Å². The van der Waals surface area contributed by atoms with Gasteiger partial charge in [-0.2, -0.15) is 0 Å². The van der Waals surface area contributed by atoms with Crippen molar-refractivity contribution in [3.63, 3.8) is 0 Å². The highest BCUT2D eigenvalue weighted by molar-refractivity contribution is 5.98. The van der Waals surface area contributed by atoms with Gasteiger partial charge in [0, 0.05) is 19.5 Å². The van der Waals surface area contributed by atoms with Gasteiger partial charge in [-0.15, -0.1) is 0 Å². The van der Waals surface area contributed by atoms with Crippen LogP contribution >= 0.6 is 0 Å². The Bertz CT molecular complexity index is 1230. The molecular weight excluding hydrogens is 577 g/mol. The highest BCUT2D eigenvalue weighted by Crippen LogP contribution is 2.36. The van der Waals surface area contributed by atoms with E-state index in [1.165, 1.54) is 47.9 Å². The summed E-state index contributed by atoms with van der Waals surface area (Å²) in [5.74, 6) is -3.38. The Kier molecular flexibility index (Phi) is 11.0. The van der Waals surface area contributed by atoms with Crippen LogP contribution in [0.25, 0.3) is 0 Å². The first kappa shape index (κ1) is 34.7. The van der Waals surface area contributed by atoms with Crippen LogP contribution in [0.1, 0.15) is 65.9 Å². The Balaban J connectivity index is 1.94. The molecular formula is C30H44FN5O8. The van der Waals surface area contributed by atoms with Crippen LogP contribution in [0.2, 0.25) is 0 Å². The van der Waals surface area contributed by atoms with E-state index in [0.717, 1.165) is 0 Å². The number of aliphatic hydroxyl groups is 2. The van der Waals surface area contributed by atoms with Gasteiger partial charge >= 0.3 is 6.09 Å². The maximum absolute atomic E-state index is 14.3. The summed E-state index contributed by atoms with van der Waals surface area (Å²) in [4.78, 5) is 69.0. The predicted octanol–water partition coefficient (Wildman–Crippen LogP) is 0.345. The number of likely N-dealkylation sites (tertiary alicyclic amines) is 2. The standard InChI is InChI=1S/C30H44FN5O8/c1-17(37)22(24(32)39)33-27(42)30(16-19-9-11-20(31)12-10-19)13-7-15-36(30)25(40)21-8-6-14-35(21)26(41)23(18(2)38)34-28(43)44-29(3,4)5/h9-12,17-18,21-23,37-38H,6-8,13-16H2,1-5H3,(H2,32,39)(H,33,42)(H,34,43)/t17-,18-,21+,22+,23+,30-/m1/s1. The van der Waals surface area contributed by atoms with E-state index >= 15 is 0 Å². The lowest BCUT2D eigenvalue weighted by Crippen LogP contribution is -2.65. The van der Waals surface area contributed by atoms with Crippen molar-refractivity contribution < 1.29 is 43.3 Å². The summed E-state index contributed by atoms with van der Waals surface area (Å²) in [5, 5.41) is 25.4. The van der Waals surface area contributed by atoms with Crippen LogP contribution in [-0.2, 0) is 30.3 Å². The number of nitrogens with zero attached hydrogens (tertiary/aromatic N) is 2. The number of ether oxygens (including phenoxy) is 1. The predicted molar refractivity (Wildman–Crippen MR) is 156 cm³/mol. The first-order valence-corrected chi connectivity index (χ1v) is 14.8. The van der Waals surface area contributed by atoms with E-state index in [1.807, 2.05) is 0 Å². The average molecular weight is 622 g/mol.